The van der Waals surface area contributed by atoms with Crippen LogP contribution in [-0.4, -0.2) is 55.4 Å². The fourth-order valence-electron chi connectivity index (χ4n) is 3.06. The zero-order valence-electron chi connectivity index (χ0n) is 15.3. The van der Waals surface area contributed by atoms with Crippen LogP contribution in [0, 0.1) is 0 Å². The van der Waals surface area contributed by atoms with Gasteiger partial charge in [0.25, 0.3) is 0 Å². The van der Waals surface area contributed by atoms with Gasteiger partial charge in [-0.25, -0.2) is 18.2 Å². The Morgan fingerprint density at radius 3 is 2.68 bits per heavy atom. The number of methoxy groups -OCH3 is 2. The van der Waals surface area contributed by atoms with E-state index in [-0.39, 0.29) is 23.0 Å². The van der Waals surface area contributed by atoms with Crippen molar-refractivity contribution in [3.63, 3.8) is 0 Å². The lowest BCUT2D eigenvalue weighted by Crippen LogP contribution is -2.43. The van der Waals surface area contributed by atoms with E-state index >= 15 is 0 Å². The summed E-state index contributed by atoms with van der Waals surface area (Å²) in [5, 5.41) is 2.53. The Labute approximate surface area is 161 Å². The van der Waals surface area contributed by atoms with E-state index in [4.69, 9.17) is 9.47 Å². The van der Waals surface area contributed by atoms with Crippen molar-refractivity contribution >= 4 is 21.7 Å². The van der Waals surface area contributed by atoms with E-state index in [2.05, 4.69) is 15.3 Å². The van der Waals surface area contributed by atoms with Gasteiger partial charge in [0.05, 0.1) is 19.1 Å². The van der Waals surface area contributed by atoms with Crippen LogP contribution in [0.4, 0.5) is 5.82 Å². The highest BCUT2D eigenvalue weighted by molar-refractivity contribution is 7.89. The van der Waals surface area contributed by atoms with Crippen LogP contribution in [0.1, 0.15) is 12.8 Å². The topological polar surface area (TPSA) is 131 Å². The number of amides is 1. The van der Waals surface area contributed by atoms with E-state index in [0.29, 0.717) is 18.6 Å². The standard InChI is InChI=1S/C17H20N4O6S/c1-26-13-6-5-11(10-14(13)27-2)28(24,25)21-9-3-4-12(21)16(22)19-15-7-8-18-17(23)20-15/h5-8,10,12H,3-4,9H2,1-2H3,(H2,18,19,20,22,23). The number of hydrogen-bond donors (Lipinski definition) is 2. The fraction of sp³-hybridized carbons (Fsp3) is 0.353. The molecule has 0 aliphatic carbocycles. The molecule has 2 heterocycles. The van der Waals surface area contributed by atoms with Gasteiger partial charge >= 0.3 is 5.69 Å². The molecule has 2 aromatic rings. The van der Waals surface area contributed by atoms with E-state index < -0.39 is 27.7 Å². The summed E-state index contributed by atoms with van der Waals surface area (Å²) in [6.45, 7) is 0.210. The number of hydrogen-bond acceptors (Lipinski definition) is 7. The molecule has 0 radical (unpaired) electrons. The number of carbonyl (C=O) groups excluding carboxylic acids is 1. The summed E-state index contributed by atoms with van der Waals surface area (Å²) in [6, 6.07) is 4.79. The molecule has 11 heteroatoms. The van der Waals surface area contributed by atoms with Gasteiger partial charge in [-0.05, 0) is 31.0 Å². The maximum absolute atomic E-state index is 13.1. The summed E-state index contributed by atoms with van der Waals surface area (Å²) < 4.78 is 37.7. The summed E-state index contributed by atoms with van der Waals surface area (Å²) in [7, 11) is -1.07. The first kappa shape index (κ1) is 19.8. The number of rotatable bonds is 6. The lowest BCUT2D eigenvalue weighted by atomic mass is 10.2. The molecule has 1 aliphatic rings. The molecule has 150 valence electrons. The van der Waals surface area contributed by atoms with Crippen LogP contribution >= 0.6 is 0 Å². The molecule has 10 nitrogen and oxygen atoms in total. The summed E-state index contributed by atoms with van der Waals surface area (Å²) >= 11 is 0. The van der Waals surface area contributed by atoms with Crippen molar-refractivity contribution in [1.82, 2.24) is 14.3 Å². The predicted molar refractivity (Wildman–Crippen MR) is 99.9 cm³/mol. The van der Waals surface area contributed by atoms with E-state index in [1.807, 2.05) is 0 Å². The third-order valence-corrected chi connectivity index (χ3v) is 6.30. The van der Waals surface area contributed by atoms with Crippen molar-refractivity contribution in [1.29, 1.82) is 0 Å². The van der Waals surface area contributed by atoms with E-state index in [9.17, 15) is 18.0 Å². The van der Waals surface area contributed by atoms with Crippen LogP contribution < -0.4 is 20.5 Å². The average molecular weight is 408 g/mol. The minimum atomic E-state index is -3.94. The highest BCUT2D eigenvalue weighted by atomic mass is 32.2. The predicted octanol–water partition coefficient (Wildman–Crippen LogP) is 0.579. The van der Waals surface area contributed by atoms with Crippen molar-refractivity contribution in [3.05, 3.63) is 40.9 Å². The van der Waals surface area contributed by atoms with Crippen molar-refractivity contribution in [2.24, 2.45) is 0 Å². The van der Waals surface area contributed by atoms with E-state index in [1.165, 1.54) is 44.7 Å². The third kappa shape index (κ3) is 3.85. The minimum absolute atomic E-state index is 0.00201. The normalized spacial score (nSPS) is 17.3. The molecule has 3 rings (SSSR count). The van der Waals surface area contributed by atoms with Gasteiger partial charge in [-0.3, -0.25) is 9.78 Å². The van der Waals surface area contributed by atoms with Gasteiger partial charge in [-0.2, -0.15) is 4.31 Å². The highest BCUT2D eigenvalue weighted by Crippen LogP contribution is 2.33. The number of aromatic nitrogens is 2. The minimum Gasteiger partial charge on any atom is -0.493 e. The van der Waals surface area contributed by atoms with Crippen molar-refractivity contribution in [2.75, 3.05) is 26.1 Å². The van der Waals surface area contributed by atoms with Gasteiger partial charge in [0.1, 0.15) is 11.9 Å². The molecule has 1 aromatic heterocycles. The van der Waals surface area contributed by atoms with Crippen molar-refractivity contribution in [3.8, 4) is 11.5 Å². The summed E-state index contributed by atoms with van der Waals surface area (Å²) in [6.07, 6.45) is 2.16. The SMILES string of the molecule is COc1ccc(S(=O)(=O)N2CCCC2C(=O)Nc2ccnc(=O)[nH]2)cc1OC. The molecule has 1 saturated heterocycles. The van der Waals surface area contributed by atoms with Gasteiger partial charge in [-0.1, -0.05) is 0 Å². The van der Waals surface area contributed by atoms with E-state index in [1.54, 1.807) is 0 Å². The van der Waals surface area contributed by atoms with E-state index in [0.717, 1.165) is 4.31 Å². The second kappa shape index (κ2) is 7.98. The zero-order valence-corrected chi connectivity index (χ0v) is 16.2. The van der Waals surface area contributed by atoms with Crippen LogP contribution in [0.15, 0.2) is 40.2 Å². The number of benzene rings is 1. The van der Waals surface area contributed by atoms with Gasteiger partial charge in [0.15, 0.2) is 11.5 Å². The van der Waals surface area contributed by atoms with Crippen LogP contribution in [0.2, 0.25) is 0 Å². The molecule has 1 atom stereocenters. The van der Waals surface area contributed by atoms with Gasteiger partial charge < -0.3 is 14.8 Å². The molecule has 1 aliphatic heterocycles. The molecule has 28 heavy (non-hydrogen) atoms. The largest absolute Gasteiger partial charge is 0.493 e. The Hall–Kier alpha value is -2.92. The monoisotopic (exact) mass is 408 g/mol. The average Bonchev–Trinajstić information content (AvgIpc) is 3.18. The number of aromatic amines is 1. The second-order valence-corrected chi connectivity index (χ2v) is 7.96. The highest BCUT2D eigenvalue weighted by Gasteiger charge is 2.39. The number of nitrogens with zero attached hydrogens (tertiary/aromatic N) is 2. The summed E-state index contributed by atoms with van der Waals surface area (Å²) in [5.41, 5.74) is -0.612. The first-order valence-corrected chi connectivity index (χ1v) is 9.91. The van der Waals surface area contributed by atoms with Gasteiger partial charge in [0, 0.05) is 18.8 Å². The molecule has 0 bridgehead atoms. The lowest BCUT2D eigenvalue weighted by Gasteiger charge is -2.23. The third-order valence-electron chi connectivity index (χ3n) is 4.40. The maximum atomic E-state index is 13.1. The van der Waals surface area contributed by atoms with Crippen LogP contribution in [-0.2, 0) is 14.8 Å². The molecular weight excluding hydrogens is 388 g/mol. The first-order valence-electron chi connectivity index (χ1n) is 8.47. The first-order chi connectivity index (χ1) is 13.4. The molecule has 1 aromatic carbocycles. The Bertz CT molecular complexity index is 1040. The number of anilines is 1. The molecule has 0 spiro atoms. The van der Waals surface area contributed by atoms with Crippen LogP contribution in [0.5, 0.6) is 11.5 Å². The fourth-order valence-corrected chi connectivity index (χ4v) is 4.73. The summed E-state index contributed by atoms with van der Waals surface area (Å²) in [4.78, 5) is 29.8. The molecule has 0 saturated carbocycles. The lowest BCUT2D eigenvalue weighted by molar-refractivity contribution is -0.119. The number of sulfonamides is 1. The Balaban J connectivity index is 1.86. The number of H-pyrrole nitrogens is 1. The molecule has 1 amide bonds. The quantitative estimate of drug-likeness (QED) is 0.715. The number of ether oxygens (including phenoxy) is 2. The smallest absolute Gasteiger partial charge is 0.346 e. The molecule has 2 N–H and O–H groups in total. The molecular formula is C17H20N4O6S. The van der Waals surface area contributed by atoms with Crippen molar-refractivity contribution < 1.29 is 22.7 Å². The number of carbonyl (C=O) groups is 1. The van der Waals surface area contributed by atoms with Gasteiger partial charge in [-0.15, -0.1) is 0 Å². The van der Waals surface area contributed by atoms with Gasteiger partial charge in [0.2, 0.25) is 15.9 Å². The Kier molecular flexibility index (Phi) is 5.66. The second-order valence-electron chi connectivity index (χ2n) is 6.07. The number of nitrogens with one attached hydrogen (secondary N) is 2. The van der Waals surface area contributed by atoms with Crippen molar-refractivity contribution in [2.45, 2.75) is 23.8 Å². The summed E-state index contributed by atoms with van der Waals surface area (Å²) in [5.74, 6) is 0.306. The maximum Gasteiger partial charge on any atom is 0.346 e. The van der Waals surface area contributed by atoms with Crippen LogP contribution in [0.3, 0.4) is 0 Å². The van der Waals surface area contributed by atoms with Crippen LogP contribution in [0.25, 0.3) is 0 Å². The molecule has 1 unspecified atom stereocenters. The zero-order chi connectivity index (χ0) is 20.3. The molecule has 1 fully saturated rings. The Morgan fingerprint density at radius 2 is 2.00 bits per heavy atom. The Morgan fingerprint density at radius 1 is 1.25 bits per heavy atom.